The van der Waals surface area contributed by atoms with Crippen molar-refractivity contribution in [2.75, 3.05) is 14.1 Å². The molecule has 0 aliphatic carbocycles. The molecule has 2 N–H and O–H groups in total. The fourth-order valence-corrected chi connectivity index (χ4v) is 2.52. The van der Waals surface area contributed by atoms with Crippen molar-refractivity contribution in [3.63, 3.8) is 0 Å². The number of hydrogen-bond acceptors (Lipinski definition) is 5. The van der Waals surface area contributed by atoms with Gasteiger partial charge >= 0.3 is 13.1 Å². The highest BCUT2D eigenvalue weighted by Gasteiger charge is 2.37. The molecule has 7 nitrogen and oxygen atoms in total. The smallest absolute Gasteiger partial charge is 0.526 e. The number of ketones is 1. The number of hydrogen-bond donors (Lipinski definition) is 2. The molecule has 1 aromatic rings. The molecule has 1 aliphatic heterocycles. The third-order valence-corrected chi connectivity index (χ3v) is 3.79. The number of carboxylic acids is 1. The number of aromatic carboxylic acids is 1. The van der Waals surface area contributed by atoms with E-state index in [4.69, 9.17) is 9.76 Å². The molecule has 2 rings (SSSR count). The van der Waals surface area contributed by atoms with Gasteiger partial charge in [0, 0.05) is 26.3 Å². The van der Waals surface area contributed by atoms with E-state index in [9.17, 15) is 19.4 Å². The van der Waals surface area contributed by atoms with E-state index in [1.807, 2.05) is 0 Å². The third-order valence-electron chi connectivity index (χ3n) is 3.79. The maximum Gasteiger partial charge on any atom is 0.526 e. The van der Waals surface area contributed by atoms with Crippen LogP contribution in [-0.4, -0.2) is 53.9 Å². The zero-order valence-electron chi connectivity index (χ0n) is 13.0. The fraction of sp³-hybridized carbons (Fsp3) is 0.400. The van der Waals surface area contributed by atoms with Gasteiger partial charge in [-0.15, -0.1) is 0 Å². The van der Waals surface area contributed by atoms with Crippen LogP contribution in [0.5, 0.6) is 5.75 Å². The Morgan fingerprint density at radius 3 is 2.65 bits per heavy atom. The minimum Gasteiger partial charge on any atom is -0.535 e. The molecule has 8 heteroatoms. The largest absolute Gasteiger partial charge is 0.535 e. The van der Waals surface area contributed by atoms with Crippen molar-refractivity contribution in [1.29, 1.82) is 0 Å². The minimum absolute atomic E-state index is 0.00249. The molecular formula is C15H18BNO6. The average Bonchev–Trinajstić information content (AvgIpc) is 2.47. The number of Topliss-reactive ketones (excluding diaryl/α,β-unsaturated/α-hetero) is 1. The molecular weight excluding hydrogens is 301 g/mol. The molecule has 0 bridgehead atoms. The third kappa shape index (κ3) is 3.90. The van der Waals surface area contributed by atoms with Gasteiger partial charge in [0.1, 0.15) is 11.5 Å². The molecule has 0 fully saturated rings. The van der Waals surface area contributed by atoms with E-state index in [0.29, 0.717) is 12.0 Å². The number of carboxylic acid groups (broad SMARTS) is 1. The molecule has 122 valence electrons. The van der Waals surface area contributed by atoms with Crippen molar-refractivity contribution in [2.24, 2.45) is 0 Å². The number of nitrogens with zero attached hydrogens (tertiary/aromatic N) is 1. The normalized spacial score (nSPS) is 16.3. The first-order valence-electron chi connectivity index (χ1n) is 7.21. The lowest BCUT2D eigenvalue weighted by Crippen LogP contribution is -2.36. The Kier molecular flexibility index (Phi) is 5.05. The SMILES string of the molecule is CN(C)C(=O)CC(=O)C[C@H]1Cc2cccc(C(=O)O)c2OB1O. The van der Waals surface area contributed by atoms with Crippen molar-refractivity contribution in [2.45, 2.75) is 25.1 Å². The molecule has 0 radical (unpaired) electrons. The van der Waals surface area contributed by atoms with Gasteiger partial charge in [-0.2, -0.15) is 0 Å². The highest BCUT2D eigenvalue weighted by Crippen LogP contribution is 2.36. The first-order chi connectivity index (χ1) is 10.8. The van der Waals surface area contributed by atoms with Crippen LogP contribution in [0.4, 0.5) is 0 Å². The first-order valence-corrected chi connectivity index (χ1v) is 7.21. The van der Waals surface area contributed by atoms with Crippen LogP contribution < -0.4 is 4.65 Å². The van der Waals surface area contributed by atoms with Gasteiger partial charge in [-0.25, -0.2) is 4.79 Å². The second kappa shape index (κ2) is 6.83. The van der Waals surface area contributed by atoms with Crippen LogP contribution in [-0.2, 0) is 16.0 Å². The standard InChI is InChI=1S/C15H18BNO6/c1-17(2)13(19)8-11(18)7-10-6-9-4-3-5-12(15(20)21)14(9)23-16(10)22/h3-5,10,22H,6-8H2,1-2H3,(H,20,21)/t10-/m1/s1. The van der Waals surface area contributed by atoms with Gasteiger partial charge in [0.2, 0.25) is 5.91 Å². The molecule has 1 aliphatic rings. The summed E-state index contributed by atoms with van der Waals surface area (Å²) in [4.78, 5) is 36.0. The van der Waals surface area contributed by atoms with Crippen molar-refractivity contribution >= 4 is 24.8 Å². The van der Waals surface area contributed by atoms with Gasteiger partial charge in [-0.3, -0.25) is 9.59 Å². The lowest BCUT2D eigenvalue weighted by atomic mass is 9.64. The molecule has 1 atom stereocenters. The van der Waals surface area contributed by atoms with Gasteiger partial charge in [-0.05, 0) is 18.1 Å². The molecule has 1 heterocycles. The van der Waals surface area contributed by atoms with Crippen molar-refractivity contribution in [3.8, 4) is 5.75 Å². The Morgan fingerprint density at radius 1 is 1.35 bits per heavy atom. The summed E-state index contributed by atoms with van der Waals surface area (Å²) in [6.07, 6.45) is 0.0925. The Labute approximate surface area is 134 Å². The lowest BCUT2D eigenvalue weighted by molar-refractivity contribution is -0.133. The molecule has 0 aromatic heterocycles. The number of carbonyl (C=O) groups excluding carboxylic acids is 2. The van der Waals surface area contributed by atoms with Crippen LogP contribution in [0.25, 0.3) is 0 Å². The lowest BCUT2D eigenvalue weighted by Gasteiger charge is -2.28. The summed E-state index contributed by atoms with van der Waals surface area (Å²) in [5.74, 6) is -2.08. The Morgan fingerprint density at radius 2 is 2.04 bits per heavy atom. The molecule has 0 saturated heterocycles. The van der Waals surface area contributed by atoms with Crippen LogP contribution in [0.1, 0.15) is 28.8 Å². The molecule has 23 heavy (non-hydrogen) atoms. The monoisotopic (exact) mass is 319 g/mol. The fourth-order valence-electron chi connectivity index (χ4n) is 2.52. The predicted octanol–water partition coefficient (Wildman–Crippen LogP) is 0.608. The van der Waals surface area contributed by atoms with E-state index in [2.05, 4.69) is 0 Å². The van der Waals surface area contributed by atoms with Crippen LogP contribution >= 0.6 is 0 Å². The number of benzene rings is 1. The summed E-state index contributed by atoms with van der Waals surface area (Å²) in [7, 11) is 1.86. The highest BCUT2D eigenvalue weighted by molar-refractivity contribution is 6.47. The minimum atomic E-state index is -1.28. The van der Waals surface area contributed by atoms with E-state index in [-0.39, 0.29) is 35.8 Å². The van der Waals surface area contributed by atoms with E-state index in [0.717, 1.165) is 0 Å². The molecule has 0 unspecified atom stereocenters. The molecule has 1 aromatic carbocycles. The summed E-state index contributed by atoms with van der Waals surface area (Å²) in [6, 6.07) is 4.70. The van der Waals surface area contributed by atoms with Crippen molar-refractivity contribution in [3.05, 3.63) is 29.3 Å². The molecule has 1 amide bonds. The van der Waals surface area contributed by atoms with E-state index >= 15 is 0 Å². The predicted molar refractivity (Wildman–Crippen MR) is 82.4 cm³/mol. The maximum atomic E-state index is 12.0. The maximum absolute atomic E-state index is 12.0. The second-order valence-electron chi connectivity index (χ2n) is 5.78. The van der Waals surface area contributed by atoms with Gasteiger partial charge in [0.15, 0.2) is 0 Å². The van der Waals surface area contributed by atoms with Crippen LogP contribution in [0.15, 0.2) is 18.2 Å². The zero-order valence-corrected chi connectivity index (χ0v) is 13.0. The number of amides is 1. The van der Waals surface area contributed by atoms with Crippen LogP contribution in [0, 0.1) is 0 Å². The first kappa shape index (κ1) is 17.0. The Balaban J connectivity index is 2.10. The van der Waals surface area contributed by atoms with Crippen molar-refractivity contribution < 1.29 is 29.2 Å². The van der Waals surface area contributed by atoms with Crippen LogP contribution in [0.2, 0.25) is 5.82 Å². The number of fused-ring (bicyclic) bond motifs is 1. The molecule has 0 saturated carbocycles. The summed E-state index contributed by atoms with van der Waals surface area (Å²) in [6.45, 7) is 0. The van der Waals surface area contributed by atoms with E-state index in [1.54, 1.807) is 26.2 Å². The quantitative estimate of drug-likeness (QED) is 0.609. The number of rotatable bonds is 5. The Bertz CT molecular complexity index is 645. The second-order valence-corrected chi connectivity index (χ2v) is 5.78. The van der Waals surface area contributed by atoms with Gasteiger partial charge in [-0.1, -0.05) is 12.1 Å². The highest BCUT2D eigenvalue weighted by atomic mass is 16.5. The van der Waals surface area contributed by atoms with Crippen molar-refractivity contribution in [1.82, 2.24) is 4.90 Å². The summed E-state index contributed by atoms with van der Waals surface area (Å²) < 4.78 is 5.32. The van der Waals surface area contributed by atoms with Gasteiger partial charge < -0.3 is 19.7 Å². The average molecular weight is 319 g/mol. The van der Waals surface area contributed by atoms with E-state index < -0.39 is 18.9 Å². The van der Waals surface area contributed by atoms with Gasteiger partial charge in [0.05, 0.1) is 12.0 Å². The molecule has 0 spiro atoms. The zero-order chi connectivity index (χ0) is 17.1. The summed E-state index contributed by atoms with van der Waals surface area (Å²) in [5.41, 5.74) is 0.612. The van der Waals surface area contributed by atoms with Gasteiger partial charge in [0.25, 0.3) is 0 Å². The Hall–Kier alpha value is -2.35. The van der Waals surface area contributed by atoms with Crippen LogP contribution in [0.3, 0.4) is 0 Å². The van der Waals surface area contributed by atoms with E-state index in [1.165, 1.54) is 11.0 Å². The number of para-hydroxylation sites is 1. The topological polar surface area (TPSA) is 104 Å². The summed E-state index contributed by atoms with van der Waals surface area (Å²) in [5, 5.41) is 19.2. The number of carbonyl (C=O) groups is 3. The summed E-state index contributed by atoms with van der Waals surface area (Å²) >= 11 is 0.